The molecular weight excluding hydrogens is 538 g/mol. The molecule has 0 saturated heterocycles. The SMILES string of the molecule is Cc1c(-c2ccccc2)nc2ccccc2c1C(=O)OCC(=O)Nc1nc(-c2cccc(Br)c2)cs1. The van der Waals surface area contributed by atoms with Crippen molar-refractivity contribution in [2.75, 3.05) is 11.9 Å². The lowest BCUT2D eigenvalue weighted by molar-refractivity contribution is -0.119. The van der Waals surface area contributed by atoms with Crippen molar-refractivity contribution in [1.29, 1.82) is 0 Å². The van der Waals surface area contributed by atoms with E-state index in [-0.39, 0.29) is 0 Å². The molecule has 6 nitrogen and oxygen atoms in total. The van der Waals surface area contributed by atoms with Gasteiger partial charge in [0.05, 0.1) is 22.5 Å². The highest BCUT2D eigenvalue weighted by molar-refractivity contribution is 9.10. The van der Waals surface area contributed by atoms with Crippen molar-refractivity contribution in [3.63, 3.8) is 0 Å². The number of esters is 1. The van der Waals surface area contributed by atoms with Gasteiger partial charge in [-0.1, -0.05) is 76.6 Å². The van der Waals surface area contributed by atoms with E-state index in [0.29, 0.717) is 32.9 Å². The number of nitrogens with zero attached hydrogens (tertiary/aromatic N) is 2. The predicted molar refractivity (Wildman–Crippen MR) is 146 cm³/mol. The number of nitrogens with one attached hydrogen (secondary N) is 1. The summed E-state index contributed by atoms with van der Waals surface area (Å²) in [6, 6.07) is 24.8. The van der Waals surface area contributed by atoms with Gasteiger partial charge in [-0.25, -0.2) is 14.8 Å². The van der Waals surface area contributed by atoms with Crippen LogP contribution in [0, 0.1) is 6.92 Å². The minimum Gasteiger partial charge on any atom is -0.452 e. The molecule has 1 N–H and O–H groups in total. The molecule has 3 aromatic carbocycles. The Morgan fingerprint density at radius 1 is 0.944 bits per heavy atom. The van der Waals surface area contributed by atoms with E-state index >= 15 is 0 Å². The largest absolute Gasteiger partial charge is 0.452 e. The third kappa shape index (κ3) is 5.05. The molecule has 0 spiro atoms. The number of amides is 1. The summed E-state index contributed by atoms with van der Waals surface area (Å²) in [6.45, 7) is 1.42. The molecule has 0 fully saturated rings. The molecule has 0 atom stereocenters. The molecule has 1 amide bonds. The fourth-order valence-electron chi connectivity index (χ4n) is 3.92. The molecule has 5 rings (SSSR count). The minimum atomic E-state index is -0.576. The molecule has 0 aliphatic carbocycles. The fraction of sp³-hybridized carbons (Fsp3) is 0.0714. The zero-order valence-electron chi connectivity index (χ0n) is 19.2. The summed E-state index contributed by atoms with van der Waals surface area (Å²) in [4.78, 5) is 35.0. The van der Waals surface area contributed by atoms with Gasteiger partial charge in [-0.3, -0.25) is 10.1 Å². The number of fused-ring (bicyclic) bond motifs is 1. The summed E-state index contributed by atoms with van der Waals surface area (Å²) in [6.07, 6.45) is 0. The zero-order valence-corrected chi connectivity index (χ0v) is 21.6. The van der Waals surface area contributed by atoms with Crippen LogP contribution < -0.4 is 5.32 Å². The van der Waals surface area contributed by atoms with E-state index in [1.807, 2.05) is 91.2 Å². The van der Waals surface area contributed by atoms with Gasteiger partial charge in [0.25, 0.3) is 5.91 Å². The van der Waals surface area contributed by atoms with E-state index in [2.05, 4.69) is 26.2 Å². The van der Waals surface area contributed by atoms with Gasteiger partial charge in [-0.2, -0.15) is 0 Å². The molecule has 0 aliphatic rings. The zero-order chi connectivity index (χ0) is 25.1. The minimum absolute atomic E-state index is 0.401. The number of para-hydroxylation sites is 1. The van der Waals surface area contributed by atoms with Crippen LogP contribution in [0.4, 0.5) is 5.13 Å². The van der Waals surface area contributed by atoms with E-state index in [9.17, 15) is 9.59 Å². The number of hydrogen-bond acceptors (Lipinski definition) is 6. The van der Waals surface area contributed by atoms with Gasteiger partial charge in [0, 0.05) is 26.4 Å². The highest BCUT2D eigenvalue weighted by atomic mass is 79.9. The Hall–Kier alpha value is -3.88. The second kappa shape index (κ2) is 10.4. The third-order valence-corrected chi connectivity index (χ3v) is 6.84. The first kappa shape index (κ1) is 23.8. The highest BCUT2D eigenvalue weighted by Crippen LogP contribution is 2.30. The smallest absolute Gasteiger partial charge is 0.339 e. The maximum atomic E-state index is 13.2. The van der Waals surface area contributed by atoms with Crippen molar-refractivity contribution < 1.29 is 14.3 Å². The number of pyridine rings is 1. The first-order valence-electron chi connectivity index (χ1n) is 11.1. The molecule has 2 aromatic heterocycles. The number of anilines is 1. The van der Waals surface area contributed by atoms with Gasteiger partial charge in [0.2, 0.25) is 0 Å². The monoisotopic (exact) mass is 557 g/mol. The number of halogens is 1. The molecule has 36 heavy (non-hydrogen) atoms. The number of carbonyl (C=O) groups is 2. The van der Waals surface area contributed by atoms with Gasteiger partial charge in [-0.05, 0) is 30.7 Å². The van der Waals surface area contributed by atoms with Gasteiger partial charge in [0.15, 0.2) is 11.7 Å². The van der Waals surface area contributed by atoms with Crippen molar-refractivity contribution in [2.45, 2.75) is 6.92 Å². The summed E-state index contributed by atoms with van der Waals surface area (Å²) in [5.74, 6) is -1.04. The van der Waals surface area contributed by atoms with Crippen molar-refractivity contribution in [2.24, 2.45) is 0 Å². The first-order chi connectivity index (χ1) is 17.5. The molecule has 0 radical (unpaired) electrons. The average molecular weight is 558 g/mol. The molecule has 8 heteroatoms. The molecule has 2 heterocycles. The molecule has 0 saturated carbocycles. The summed E-state index contributed by atoms with van der Waals surface area (Å²) in [5, 5.41) is 5.68. The van der Waals surface area contributed by atoms with Gasteiger partial charge in [-0.15, -0.1) is 11.3 Å². The van der Waals surface area contributed by atoms with E-state index in [1.54, 1.807) is 0 Å². The number of aromatic nitrogens is 2. The lowest BCUT2D eigenvalue weighted by Gasteiger charge is -2.14. The summed E-state index contributed by atoms with van der Waals surface area (Å²) in [7, 11) is 0. The number of benzene rings is 3. The number of ether oxygens (including phenoxy) is 1. The lowest BCUT2D eigenvalue weighted by Crippen LogP contribution is -2.21. The summed E-state index contributed by atoms with van der Waals surface area (Å²) >= 11 is 4.76. The van der Waals surface area contributed by atoms with Crippen LogP contribution >= 0.6 is 27.3 Å². The van der Waals surface area contributed by atoms with Crippen LogP contribution in [0.25, 0.3) is 33.4 Å². The predicted octanol–water partition coefficient (Wildman–Crippen LogP) is 6.89. The molecule has 178 valence electrons. The fourth-order valence-corrected chi connectivity index (χ4v) is 5.05. The van der Waals surface area contributed by atoms with Gasteiger partial charge < -0.3 is 4.74 Å². The topological polar surface area (TPSA) is 81.2 Å². The van der Waals surface area contributed by atoms with Gasteiger partial charge in [0.1, 0.15) is 0 Å². The van der Waals surface area contributed by atoms with Crippen LogP contribution in [-0.2, 0) is 9.53 Å². The van der Waals surface area contributed by atoms with Gasteiger partial charge >= 0.3 is 5.97 Å². The van der Waals surface area contributed by atoms with Crippen LogP contribution in [0.2, 0.25) is 0 Å². The van der Waals surface area contributed by atoms with Crippen LogP contribution in [0.1, 0.15) is 15.9 Å². The second-order valence-electron chi connectivity index (χ2n) is 8.02. The molecular formula is C28H20BrN3O3S. The van der Waals surface area contributed by atoms with Crippen molar-refractivity contribution >= 4 is 55.2 Å². The Labute approximate surface area is 220 Å². The number of rotatable bonds is 6. The standard InChI is InChI=1S/C28H20BrN3O3S/c1-17-25(21-12-5-6-13-22(21)30-26(17)18-8-3-2-4-9-18)27(34)35-15-24(33)32-28-31-23(16-36-28)19-10-7-11-20(29)14-19/h2-14,16H,15H2,1H3,(H,31,32,33). The number of carbonyl (C=O) groups excluding carboxylic acids is 2. The Morgan fingerprint density at radius 2 is 1.69 bits per heavy atom. The Balaban J connectivity index is 1.33. The third-order valence-electron chi connectivity index (χ3n) is 5.59. The quantitative estimate of drug-likeness (QED) is 0.230. The first-order valence-corrected chi connectivity index (χ1v) is 12.8. The highest BCUT2D eigenvalue weighted by Gasteiger charge is 2.21. The summed E-state index contributed by atoms with van der Waals surface area (Å²) < 4.78 is 6.39. The summed E-state index contributed by atoms with van der Waals surface area (Å²) in [5.41, 5.74) is 5.07. The lowest BCUT2D eigenvalue weighted by atomic mass is 9.98. The van der Waals surface area contributed by atoms with Crippen molar-refractivity contribution in [1.82, 2.24) is 9.97 Å². The maximum Gasteiger partial charge on any atom is 0.339 e. The normalized spacial score (nSPS) is 10.8. The number of thiazole rings is 1. The van der Waals surface area contributed by atoms with E-state index < -0.39 is 18.5 Å². The Morgan fingerprint density at radius 3 is 2.50 bits per heavy atom. The average Bonchev–Trinajstić information content (AvgIpc) is 3.36. The van der Waals surface area contributed by atoms with Crippen LogP contribution in [0.15, 0.2) is 88.7 Å². The molecule has 0 bridgehead atoms. The Kier molecular flexibility index (Phi) is 6.88. The van der Waals surface area contributed by atoms with Crippen molar-refractivity contribution in [3.8, 4) is 22.5 Å². The van der Waals surface area contributed by atoms with E-state index in [0.717, 1.165) is 21.3 Å². The molecule has 5 aromatic rings. The van der Waals surface area contributed by atoms with Crippen LogP contribution in [0.5, 0.6) is 0 Å². The van der Waals surface area contributed by atoms with Crippen LogP contribution in [0.3, 0.4) is 0 Å². The van der Waals surface area contributed by atoms with Crippen LogP contribution in [-0.4, -0.2) is 28.5 Å². The maximum absolute atomic E-state index is 13.2. The number of hydrogen-bond donors (Lipinski definition) is 1. The molecule has 0 aliphatic heterocycles. The second-order valence-corrected chi connectivity index (χ2v) is 9.79. The Bertz CT molecular complexity index is 1580. The van der Waals surface area contributed by atoms with E-state index in [1.165, 1.54) is 11.3 Å². The van der Waals surface area contributed by atoms with E-state index in [4.69, 9.17) is 9.72 Å². The molecule has 0 unspecified atom stereocenters. The van der Waals surface area contributed by atoms with Crippen molar-refractivity contribution in [3.05, 3.63) is 99.8 Å².